The van der Waals surface area contributed by atoms with Crippen LogP contribution in [0.1, 0.15) is 95.5 Å². The fourth-order valence-corrected chi connectivity index (χ4v) is 6.87. The second-order valence-corrected chi connectivity index (χ2v) is 13.1. The van der Waals surface area contributed by atoms with E-state index in [4.69, 9.17) is 13.9 Å². The maximum Gasteiger partial charge on any atom is 0.231 e. The molecule has 1 heterocycles. The van der Waals surface area contributed by atoms with Gasteiger partial charge in [-0.2, -0.15) is 0 Å². The van der Waals surface area contributed by atoms with Crippen molar-refractivity contribution in [2.24, 2.45) is 5.92 Å². The molecule has 5 heteroatoms. The summed E-state index contributed by atoms with van der Waals surface area (Å²) in [5, 5.41) is 10.5. The first kappa shape index (κ1) is 32.7. The predicted octanol–water partition coefficient (Wildman–Crippen LogP) is 11.7. The van der Waals surface area contributed by atoms with Crippen LogP contribution in [0.15, 0.2) is 95.4 Å². The summed E-state index contributed by atoms with van der Waals surface area (Å²) in [7, 11) is 0. The molecule has 5 aromatic rings. The zero-order valence-corrected chi connectivity index (χ0v) is 27.8. The highest BCUT2D eigenvalue weighted by atomic mass is 16.5. The molecule has 1 N–H and O–H groups in total. The van der Waals surface area contributed by atoms with E-state index in [1.54, 1.807) is 12.1 Å². The molecule has 0 bridgehead atoms. The molecule has 0 radical (unpaired) electrons. The van der Waals surface area contributed by atoms with Crippen LogP contribution in [0.3, 0.4) is 0 Å². The lowest BCUT2D eigenvalue weighted by molar-refractivity contribution is 0.287. The van der Waals surface area contributed by atoms with Crippen LogP contribution < -0.4 is 9.47 Å². The van der Waals surface area contributed by atoms with E-state index in [-0.39, 0.29) is 5.75 Å². The summed E-state index contributed by atoms with van der Waals surface area (Å²) in [6.45, 7) is 3.61. The van der Waals surface area contributed by atoms with Crippen LogP contribution in [0.5, 0.6) is 17.2 Å². The number of phenols is 1. The summed E-state index contributed by atoms with van der Waals surface area (Å²) >= 11 is 0. The number of oxazole rings is 1. The molecule has 1 aliphatic carbocycles. The fraction of sp³-hybridized carbons (Fsp3) is 0.405. The first-order chi connectivity index (χ1) is 23.2. The summed E-state index contributed by atoms with van der Waals surface area (Å²) in [5.74, 6) is 3.75. The number of aromatic hydroxyl groups is 1. The zero-order chi connectivity index (χ0) is 32.3. The average molecular weight is 632 g/mol. The Balaban J connectivity index is 0.854. The minimum absolute atomic E-state index is 0.0952. The SMILES string of the molecule is CCCCCC1CCC(c2ccc(-c3ccc(OCCCCCCOc4ccc(-c5nc6ccccc6o5)c(O)c4)cc3)cc2)CC1. The lowest BCUT2D eigenvalue weighted by Gasteiger charge is -2.29. The Morgan fingerprint density at radius 1 is 0.702 bits per heavy atom. The molecule has 4 aromatic carbocycles. The topological polar surface area (TPSA) is 64.7 Å². The maximum absolute atomic E-state index is 10.5. The van der Waals surface area contributed by atoms with Crippen LogP contribution in [0, 0.1) is 5.92 Å². The van der Waals surface area contributed by atoms with E-state index in [0.29, 0.717) is 36.0 Å². The van der Waals surface area contributed by atoms with E-state index in [9.17, 15) is 5.11 Å². The number of nitrogens with zero attached hydrogens (tertiary/aromatic N) is 1. The molecule has 1 saturated carbocycles. The molecule has 6 rings (SSSR count). The highest BCUT2D eigenvalue weighted by Gasteiger charge is 2.22. The summed E-state index contributed by atoms with van der Waals surface area (Å²) in [5.41, 5.74) is 6.03. The highest BCUT2D eigenvalue weighted by Crippen LogP contribution is 2.38. The van der Waals surface area contributed by atoms with Gasteiger partial charge in [0.1, 0.15) is 22.8 Å². The second kappa shape index (κ2) is 16.5. The molecule has 5 nitrogen and oxygen atoms in total. The van der Waals surface area contributed by atoms with E-state index in [1.807, 2.05) is 30.3 Å². The Morgan fingerprint density at radius 2 is 1.36 bits per heavy atom. The Kier molecular flexibility index (Phi) is 11.5. The highest BCUT2D eigenvalue weighted by molar-refractivity contribution is 5.77. The Hall–Kier alpha value is -4.25. The number of hydrogen-bond donors (Lipinski definition) is 1. The Labute approximate surface area is 280 Å². The van der Waals surface area contributed by atoms with Gasteiger partial charge in [-0.3, -0.25) is 0 Å². The van der Waals surface area contributed by atoms with E-state index in [1.165, 1.54) is 68.1 Å². The lowest BCUT2D eigenvalue weighted by atomic mass is 9.77. The molecule has 0 atom stereocenters. The van der Waals surface area contributed by atoms with Gasteiger partial charge in [0.05, 0.1) is 18.8 Å². The Morgan fingerprint density at radius 3 is 2.04 bits per heavy atom. The number of benzene rings is 4. The molecule has 1 aliphatic rings. The molecule has 1 fully saturated rings. The largest absolute Gasteiger partial charge is 0.507 e. The fourth-order valence-electron chi connectivity index (χ4n) is 6.87. The van der Waals surface area contributed by atoms with E-state index in [2.05, 4.69) is 60.4 Å². The van der Waals surface area contributed by atoms with Crippen LogP contribution in [0.25, 0.3) is 33.7 Å². The first-order valence-corrected chi connectivity index (χ1v) is 17.8. The molecule has 0 spiro atoms. The van der Waals surface area contributed by atoms with Gasteiger partial charge >= 0.3 is 0 Å². The number of ether oxygens (including phenoxy) is 2. The third-order valence-corrected chi connectivity index (χ3v) is 9.70. The van der Waals surface area contributed by atoms with Crippen molar-refractivity contribution in [2.75, 3.05) is 13.2 Å². The van der Waals surface area contributed by atoms with Crippen LogP contribution >= 0.6 is 0 Å². The van der Waals surface area contributed by atoms with Crippen molar-refractivity contribution in [3.63, 3.8) is 0 Å². The third kappa shape index (κ3) is 8.97. The van der Waals surface area contributed by atoms with Crippen LogP contribution in [0.4, 0.5) is 0 Å². The van der Waals surface area contributed by atoms with Gasteiger partial charge in [0, 0.05) is 6.07 Å². The van der Waals surface area contributed by atoms with Crippen molar-refractivity contribution in [1.82, 2.24) is 4.98 Å². The van der Waals surface area contributed by atoms with Crippen LogP contribution in [0.2, 0.25) is 0 Å². The summed E-state index contributed by atoms with van der Waals surface area (Å²) in [6, 6.07) is 30.6. The number of phenolic OH excluding ortho intramolecular Hbond substituents is 1. The molecule has 0 saturated heterocycles. The molecule has 0 amide bonds. The summed E-state index contributed by atoms with van der Waals surface area (Å²) in [4.78, 5) is 4.47. The zero-order valence-electron chi connectivity index (χ0n) is 27.8. The normalized spacial score (nSPS) is 16.4. The van der Waals surface area contributed by atoms with Crippen LogP contribution in [-0.2, 0) is 0 Å². The number of unbranched alkanes of at least 4 members (excludes halogenated alkanes) is 5. The van der Waals surface area contributed by atoms with Gasteiger partial charge in [-0.15, -0.1) is 0 Å². The van der Waals surface area contributed by atoms with Gasteiger partial charge in [0.15, 0.2) is 5.58 Å². The second-order valence-electron chi connectivity index (χ2n) is 13.1. The van der Waals surface area contributed by atoms with Crippen molar-refractivity contribution in [3.8, 4) is 39.8 Å². The molecule has 0 aliphatic heterocycles. The van der Waals surface area contributed by atoms with Gasteiger partial charge in [0.25, 0.3) is 0 Å². The molecular formula is C42H49NO4. The summed E-state index contributed by atoms with van der Waals surface area (Å²) in [6.07, 6.45) is 15.2. The van der Waals surface area contributed by atoms with E-state index >= 15 is 0 Å². The minimum Gasteiger partial charge on any atom is -0.507 e. The van der Waals surface area contributed by atoms with Crippen LogP contribution in [-0.4, -0.2) is 23.3 Å². The van der Waals surface area contributed by atoms with Gasteiger partial charge < -0.3 is 19.0 Å². The average Bonchev–Trinajstić information content (AvgIpc) is 3.54. The molecular weight excluding hydrogens is 582 g/mol. The third-order valence-electron chi connectivity index (χ3n) is 9.70. The predicted molar refractivity (Wildman–Crippen MR) is 191 cm³/mol. The molecule has 1 aromatic heterocycles. The minimum atomic E-state index is 0.0952. The van der Waals surface area contributed by atoms with Gasteiger partial charge in [0.2, 0.25) is 5.89 Å². The number of fused-ring (bicyclic) bond motifs is 1. The summed E-state index contributed by atoms with van der Waals surface area (Å²) < 4.78 is 17.7. The number of rotatable bonds is 16. The molecule has 246 valence electrons. The van der Waals surface area contributed by atoms with Crippen molar-refractivity contribution in [2.45, 2.75) is 89.9 Å². The van der Waals surface area contributed by atoms with Gasteiger partial charge in [-0.05, 0) is 116 Å². The van der Waals surface area contributed by atoms with E-state index < -0.39 is 0 Å². The molecule has 0 unspecified atom stereocenters. The maximum atomic E-state index is 10.5. The smallest absolute Gasteiger partial charge is 0.231 e. The molecule has 47 heavy (non-hydrogen) atoms. The Bertz CT molecular complexity index is 1630. The van der Waals surface area contributed by atoms with Gasteiger partial charge in [-0.25, -0.2) is 4.98 Å². The standard InChI is InChI=1S/C42H49NO4/c1-2-3-6-11-31-14-16-32(17-15-31)33-18-20-34(21-19-33)35-22-24-36(25-23-35)45-28-9-4-5-10-29-46-37-26-27-38(40(44)30-37)42-43-39-12-7-8-13-41(39)47-42/h7-8,12-13,18-27,30-32,44H,2-6,9-11,14-17,28-29H2,1H3. The number of hydrogen-bond acceptors (Lipinski definition) is 5. The van der Waals surface area contributed by atoms with Crippen molar-refractivity contribution in [3.05, 3.63) is 96.6 Å². The monoisotopic (exact) mass is 631 g/mol. The van der Waals surface area contributed by atoms with Crippen molar-refractivity contribution < 1.29 is 19.0 Å². The first-order valence-electron chi connectivity index (χ1n) is 17.8. The number of para-hydroxylation sites is 2. The quantitative estimate of drug-likeness (QED) is 0.110. The van der Waals surface area contributed by atoms with Crippen molar-refractivity contribution >= 4 is 11.1 Å². The van der Waals surface area contributed by atoms with Gasteiger partial charge in [-0.1, -0.05) is 81.1 Å². The van der Waals surface area contributed by atoms with Crippen molar-refractivity contribution in [1.29, 1.82) is 0 Å². The lowest BCUT2D eigenvalue weighted by Crippen LogP contribution is -2.13. The van der Waals surface area contributed by atoms with E-state index in [0.717, 1.165) is 48.8 Å². The number of aromatic nitrogens is 1.